The molecule has 6 heteroatoms. The van der Waals surface area contributed by atoms with Crippen molar-refractivity contribution in [1.29, 1.82) is 0 Å². The van der Waals surface area contributed by atoms with Gasteiger partial charge in [-0.2, -0.15) is 0 Å². The van der Waals surface area contributed by atoms with Crippen molar-refractivity contribution < 1.29 is 10.0 Å². The van der Waals surface area contributed by atoms with Crippen molar-refractivity contribution in [1.82, 2.24) is 0 Å². The van der Waals surface area contributed by atoms with Gasteiger partial charge >= 0.3 is 7.12 Å². The Balaban J connectivity index is 0.000000157. The largest absolute Gasteiger partial charge is 0.488 e. The van der Waals surface area contributed by atoms with Gasteiger partial charge in [0.2, 0.25) is 0 Å². The average molecular weight is 790 g/mol. The van der Waals surface area contributed by atoms with Crippen molar-refractivity contribution >= 4 is 67.0 Å². The van der Waals surface area contributed by atoms with E-state index in [4.69, 9.17) is 10.0 Å². The molecule has 6 rings (SSSR count). The molecule has 0 saturated carbocycles. The summed E-state index contributed by atoms with van der Waals surface area (Å²) < 4.78 is 3.51. The van der Waals surface area contributed by atoms with Crippen LogP contribution in [-0.2, 0) is 0 Å². The van der Waals surface area contributed by atoms with E-state index < -0.39 is 7.12 Å². The van der Waals surface area contributed by atoms with Crippen molar-refractivity contribution in [2.24, 2.45) is 0 Å². The molecular formula is C36H28BBr2IO2. The van der Waals surface area contributed by atoms with Gasteiger partial charge < -0.3 is 10.0 Å². The molecule has 6 aromatic carbocycles. The van der Waals surface area contributed by atoms with Crippen LogP contribution in [0.2, 0.25) is 0 Å². The molecule has 0 radical (unpaired) electrons. The fraction of sp³-hybridized carbons (Fsp3) is 0. The fourth-order valence-electron chi connectivity index (χ4n) is 4.09. The van der Waals surface area contributed by atoms with Gasteiger partial charge in [0, 0.05) is 12.5 Å². The molecule has 0 aliphatic rings. The summed E-state index contributed by atoms with van der Waals surface area (Å²) in [5.41, 5.74) is 7.55. The second kappa shape index (κ2) is 16.6. The molecule has 0 unspecified atom stereocenters. The molecule has 0 spiro atoms. The lowest BCUT2D eigenvalue weighted by atomic mass is 9.79. The van der Waals surface area contributed by atoms with Crippen LogP contribution in [0.25, 0.3) is 33.4 Å². The van der Waals surface area contributed by atoms with Crippen LogP contribution in [0, 0.1) is 3.57 Å². The van der Waals surface area contributed by atoms with Crippen molar-refractivity contribution in [3.8, 4) is 33.4 Å². The number of hydrogen-bond acceptors (Lipinski definition) is 2. The van der Waals surface area contributed by atoms with Crippen molar-refractivity contribution in [2.75, 3.05) is 0 Å². The summed E-state index contributed by atoms with van der Waals surface area (Å²) in [6.07, 6.45) is 0. The van der Waals surface area contributed by atoms with Crippen molar-refractivity contribution in [3.05, 3.63) is 170 Å². The van der Waals surface area contributed by atoms with E-state index in [-0.39, 0.29) is 0 Å². The Morgan fingerprint density at radius 3 is 1.24 bits per heavy atom. The van der Waals surface area contributed by atoms with E-state index in [0.29, 0.717) is 5.46 Å². The fourth-order valence-corrected chi connectivity index (χ4v) is 4.98. The zero-order valence-electron chi connectivity index (χ0n) is 22.6. The summed E-state index contributed by atoms with van der Waals surface area (Å²) in [5.74, 6) is 0. The predicted molar refractivity (Wildman–Crippen MR) is 194 cm³/mol. The summed E-state index contributed by atoms with van der Waals surface area (Å²) in [6.45, 7) is 0. The van der Waals surface area contributed by atoms with Gasteiger partial charge in [-0.15, -0.1) is 0 Å². The molecule has 42 heavy (non-hydrogen) atoms. The third-order valence-electron chi connectivity index (χ3n) is 6.24. The summed E-state index contributed by atoms with van der Waals surface area (Å²) in [4.78, 5) is 0. The van der Waals surface area contributed by atoms with Crippen LogP contribution >= 0.6 is 54.5 Å². The topological polar surface area (TPSA) is 40.5 Å². The van der Waals surface area contributed by atoms with Gasteiger partial charge in [0.05, 0.1) is 0 Å². The number of hydrogen-bond donors (Lipinski definition) is 2. The van der Waals surface area contributed by atoms with Crippen LogP contribution in [0.1, 0.15) is 0 Å². The highest BCUT2D eigenvalue weighted by Gasteiger charge is 2.10. The van der Waals surface area contributed by atoms with Crippen LogP contribution < -0.4 is 5.46 Å². The van der Waals surface area contributed by atoms with E-state index in [1.165, 1.54) is 25.8 Å². The smallest absolute Gasteiger partial charge is 0.423 e. The lowest BCUT2D eigenvalue weighted by Crippen LogP contribution is -2.29. The van der Waals surface area contributed by atoms with Gasteiger partial charge in [0.1, 0.15) is 0 Å². The Morgan fingerprint density at radius 2 is 0.786 bits per heavy atom. The Labute approximate surface area is 278 Å². The summed E-state index contributed by atoms with van der Waals surface area (Å²) in [7, 11) is -1.41. The van der Waals surface area contributed by atoms with E-state index in [2.05, 4.69) is 139 Å². The molecule has 0 fully saturated rings. The summed E-state index contributed by atoms with van der Waals surface area (Å²) >= 11 is 9.09. The third kappa shape index (κ3) is 10.1. The first-order valence-electron chi connectivity index (χ1n) is 13.2. The minimum atomic E-state index is -1.41. The standard InChI is InChI=1S/C18H13Br.C12H11BO2.C6H4BrI/c19-18-11-9-15(10-12-18)17-8-4-7-16(13-17)14-5-2-1-3-6-14;14-13(15)12-8-4-7-11(9-12)10-5-2-1-3-6-10;7-5-1-3-6(8)4-2-5/h1-13H;1-9,14-15H;1-4H. The van der Waals surface area contributed by atoms with Crippen molar-refractivity contribution in [2.45, 2.75) is 0 Å². The molecule has 0 aliphatic carbocycles. The molecule has 2 nitrogen and oxygen atoms in total. The SMILES string of the molecule is Brc1ccc(-c2cccc(-c3ccccc3)c2)cc1.Brc1ccc(I)cc1.OB(O)c1cccc(-c2ccccc2)c1. The van der Waals surface area contributed by atoms with Crippen LogP contribution in [0.5, 0.6) is 0 Å². The Morgan fingerprint density at radius 1 is 0.405 bits per heavy atom. The number of halogens is 3. The molecule has 2 N–H and O–H groups in total. The summed E-state index contributed by atoms with van der Waals surface area (Å²) in [6, 6.07) is 52.8. The van der Waals surface area contributed by atoms with Gasteiger partial charge in [-0.25, -0.2) is 0 Å². The van der Waals surface area contributed by atoms with Crippen LogP contribution in [0.4, 0.5) is 0 Å². The highest BCUT2D eigenvalue weighted by molar-refractivity contribution is 14.1. The van der Waals surface area contributed by atoms with Crippen LogP contribution in [0.3, 0.4) is 0 Å². The Bertz CT molecular complexity index is 1640. The Hall–Kier alpha value is -3.01. The molecule has 0 aromatic heterocycles. The van der Waals surface area contributed by atoms with Gasteiger partial charge in [0.15, 0.2) is 0 Å². The van der Waals surface area contributed by atoms with E-state index in [9.17, 15) is 0 Å². The zero-order chi connectivity index (χ0) is 29.7. The molecule has 0 atom stereocenters. The Kier molecular flexibility index (Phi) is 12.6. The first kappa shape index (κ1) is 31.9. The minimum Gasteiger partial charge on any atom is -0.423 e. The van der Waals surface area contributed by atoms with Gasteiger partial charge in [-0.3, -0.25) is 0 Å². The quantitative estimate of drug-likeness (QED) is 0.138. The maximum atomic E-state index is 9.05. The monoisotopic (exact) mass is 788 g/mol. The van der Waals surface area contributed by atoms with Gasteiger partial charge in [-0.05, 0) is 104 Å². The highest BCUT2D eigenvalue weighted by Crippen LogP contribution is 2.27. The second-order valence-electron chi connectivity index (χ2n) is 9.26. The van der Waals surface area contributed by atoms with Gasteiger partial charge in [-0.1, -0.05) is 147 Å². The minimum absolute atomic E-state index is 0.511. The van der Waals surface area contributed by atoms with E-state index in [0.717, 1.165) is 20.1 Å². The lowest BCUT2D eigenvalue weighted by Gasteiger charge is -2.06. The lowest BCUT2D eigenvalue weighted by molar-refractivity contribution is 0.426. The van der Waals surface area contributed by atoms with Crippen LogP contribution in [0.15, 0.2) is 167 Å². The van der Waals surface area contributed by atoms with Gasteiger partial charge in [0.25, 0.3) is 0 Å². The molecule has 0 saturated heterocycles. The number of rotatable bonds is 4. The zero-order valence-corrected chi connectivity index (χ0v) is 27.9. The first-order chi connectivity index (χ1) is 20.4. The molecule has 0 amide bonds. The molecular weight excluding hydrogens is 762 g/mol. The molecule has 6 aromatic rings. The molecule has 0 aliphatic heterocycles. The molecule has 208 valence electrons. The van der Waals surface area contributed by atoms with Crippen LogP contribution in [-0.4, -0.2) is 17.2 Å². The third-order valence-corrected chi connectivity index (χ3v) is 8.02. The predicted octanol–water partition coefficient (Wildman–Crippen LogP) is 9.87. The first-order valence-corrected chi connectivity index (χ1v) is 15.9. The van der Waals surface area contributed by atoms with E-state index in [1.807, 2.05) is 60.7 Å². The molecule has 0 heterocycles. The second-order valence-corrected chi connectivity index (χ2v) is 12.3. The maximum Gasteiger partial charge on any atom is 0.488 e. The van der Waals surface area contributed by atoms with E-state index >= 15 is 0 Å². The maximum absolute atomic E-state index is 9.05. The van der Waals surface area contributed by atoms with Crippen molar-refractivity contribution in [3.63, 3.8) is 0 Å². The average Bonchev–Trinajstić information content (AvgIpc) is 3.04. The summed E-state index contributed by atoms with van der Waals surface area (Å²) in [5, 5.41) is 18.1. The molecule has 0 bridgehead atoms. The normalized spacial score (nSPS) is 10.0. The number of benzene rings is 6. The highest BCUT2D eigenvalue weighted by atomic mass is 127. The van der Waals surface area contributed by atoms with E-state index in [1.54, 1.807) is 12.1 Å².